The molecule has 4 rings (SSSR count). The average Bonchev–Trinajstić information content (AvgIpc) is 3.31. The topological polar surface area (TPSA) is 79.1 Å². The molecule has 2 aliphatic rings. The van der Waals surface area contributed by atoms with Crippen molar-refractivity contribution >= 4 is 28.6 Å². The van der Waals surface area contributed by atoms with Gasteiger partial charge in [0, 0.05) is 19.1 Å². The number of aliphatic hydroxyl groups excluding tert-OH is 1. The number of hydrogen-bond donors (Lipinski definition) is 2. The molecule has 1 aliphatic carbocycles. The summed E-state index contributed by atoms with van der Waals surface area (Å²) in [6.45, 7) is 3.78. The van der Waals surface area contributed by atoms with Gasteiger partial charge in [0.15, 0.2) is 17.0 Å². The Morgan fingerprint density at radius 1 is 1.23 bits per heavy atom. The first kappa shape index (κ1) is 17.9. The third kappa shape index (κ3) is 3.52. The Kier molecular flexibility index (Phi) is 5.29. The summed E-state index contributed by atoms with van der Waals surface area (Å²) < 4.78 is 2.16. The first-order valence-corrected chi connectivity index (χ1v) is 10.1. The van der Waals surface area contributed by atoms with Crippen LogP contribution in [0.5, 0.6) is 0 Å². The van der Waals surface area contributed by atoms with Gasteiger partial charge in [-0.05, 0) is 49.6 Å². The van der Waals surface area contributed by atoms with Crippen LogP contribution in [0, 0.1) is 5.92 Å². The summed E-state index contributed by atoms with van der Waals surface area (Å²) in [6, 6.07) is 0.463. The maximum Gasteiger partial charge on any atom is 0.226 e. The first-order valence-electron chi connectivity index (χ1n) is 9.75. The zero-order valence-corrected chi connectivity index (χ0v) is 16.0. The van der Waals surface area contributed by atoms with E-state index in [1.165, 1.54) is 25.7 Å². The number of anilines is 1. The van der Waals surface area contributed by atoms with Crippen LogP contribution >= 0.6 is 11.6 Å². The van der Waals surface area contributed by atoms with E-state index in [9.17, 15) is 5.11 Å². The van der Waals surface area contributed by atoms with E-state index in [1.54, 1.807) is 0 Å². The maximum absolute atomic E-state index is 10.1. The largest absolute Gasteiger partial charge is 0.393 e. The minimum Gasteiger partial charge on any atom is -0.393 e. The molecule has 142 valence electrons. The lowest BCUT2D eigenvalue weighted by atomic mass is 9.90. The Hall–Kier alpha value is -1.44. The molecule has 0 bridgehead atoms. The molecule has 0 spiro atoms. The predicted octanol–water partition coefficient (Wildman–Crippen LogP) is 3.40. The third-order valence-electron chi connectivity index (χ3n) is 5.88. The Balaban J connectivity index is 1.52. The number of hydrogen-bond acceptors (Lipinski definition) is 6. The summed E-state index contributed by atoms with van der Waals surface area (Å²) >= 11 is 6.21. The van der Waals surface area contributed by atoms with Crippen molar-refractivity contribution in [2.75, 3.05) is 18.5 Å². The van der Waals surface area contributed by atoms with E-state index in [4.69, 9.17) is 11.6 Å². The summed E-state index contributed by atoms with van der Waals surface area (Å²) in [5.41, 5.74) is 4.98. The van der Waals surface area contributed by atoms with Gasteiger partial charge in [0.25, 0.3) is 0 Å². The van der Waals surface area contributed by atoms with Gasteiger partial charge in [0.2, 0.25) is 5.28 Å². The molecule has 1 aliphatic heterocycles. The zero-order chi connectivity index (χ0) is 18.1. The monoisotopic (exact) mass is 378 g/mol. The fourth-order valence-electron chi connectivity index (χ4n) is 4.30. The van der Waals surface area contributed by atoms with E-state index in [1.807, 2.05) is 13.3 Å². The summed E-state index contributed by atoms with van der Waals surface area (Å²) in [4.78, 5) is 13.4. The molecule has 2 N–H and O–H groups in total. The molecule has 8 heteroatoms. The number of aromatic nitrogens is 4. The Morgan fingerprint density at radius 2 is 1.96 bits per heavy atom. The Labute approximate surface area is 158 Å². The lowest BCUT2D eigenvalue weighted by molar-refractivity contribution is 0.0631. The lowest BCUT2D eigenvalue weighted by Gasteiger charge is -2.34. The van der Waals surface area contributed by atoms with Gasteiger partial charge >= 0.3 is 0 Å². The van der Waals surface area contributed by atoms with Crippen LogP contribution in [0.25, 0.3) is 11.2 Å². The number of aliphatic hydroxyl groups is 1. The SMILES string of the molecule is CCC(O)C1CCN(Nc2nc(Cl)nc3c2ncn3C2CCCC2)CC1. The second-order valence-corrected chi connectivity index (χ2v) is 7.85. The minimum absolute atomic E-state index is 0.195. The molecule has 1 atom stereocenters. The van der Waals surface area contributed by atoms with Crippen molar-refractivity contribution in [1.82, 2.24) is 24.5 Å². The maximum atomic E-state index is 10.1. The molecule has 1 saturated carbocycles. The number of halogens is 1. The van der Waals surface area contributed by atoms with Crippen LogP contribution in [0.15, 0.2) is 6.33 Å². The highest BCUT2D eigenvalue weighted by atomic mass is 35.5. The Morgan fingerprint density at radius 3 is 2.65 bits per heavy atom. The normalized spacial score (nSPS) is 21.5. The molecule has 2 aromatic heterocycles. The minimum atomic E-state index is -0.195. The van der Waals surface area contributed by atoms with Crippen LogP contribution in [0.1, 0.15) is 57.9 Å². The van der Waals surface area contributed by atoms with Crippen LogP contribution in [-0.2, 0) is 0 Å². The number of piperidine rings is 1. The van der Waals surface area contributed by atoms with E-state index >= 15 is 0 Å². The van der Waals surface area contributed by atoms with E-state index < -0.39 is 0 Å². The molecule has 7 nitrogen and oxygen atoms in total. The van der Waals surface area contributed by atoms with Gasteiger partial charge in [-0.1, -0.05) is 19.8 Å². The van der Waals surface area contributed by atoms with Gasteiger partial charge in [-0.2, -0.15) is 9.97 Å². The number of fused-ring (bicyclic) bond motifs is 1. The second kappa shape index (κ2) is 7.66. The van der Waals surface area contributed by atoms with Gasteiger partial charge < -0.3 is 15.1 Å². The predicted molar refractivity (Wildman–Crippen MR) is 102 cm³/mol. The number of rotatable bonds is 5. The van der Waals surface area contributed by atoms with Crippen LogP contribution in [0.4, 0.5) is 5.82 Å². The molecule has 1 unspecified atom stereocenters. The first-order chi connectivity index (χ1) is 12.7. The van der Waals surface area contributed by atoms with Gasteiger partial charge in [-0.3, -0.25) is 0 Å². The molecule has 1 saturated heterocycles. The smallest absolute Gasteiger partial charge is 0.226 e. The van der Waals surface area contributed by atoms with E-state index in [0.717, 1.165) is 43.5 Å². The van der Waals surface area contributed by atoms with E-state index in [-0.39, 0.29) is 11.4 Å². The van der Waals surface area contributed by atoms with Gasteiger partial charge in [0.1, 0.15) is 0 Å². The summed E-state index contributed by atoms with van der Waals surface area (Å²) in [6.07, 6.45) is 9.30. The van der Waals surface area contributed by atoms with E-state index in [2.05, 4.69) is 30.0 Å². The molecular weight excluding hydrogens is 352 g/mol. The molecule has 26 heavy (non-hydrogen) atoms. The standard InChI is InChI=1S/C18H27ClN6O/c1-2-14(26)12-7-9-24(10-8-12)23-16-15-17(22-18(19)21-16)25(11-20-15)13-5-3-4-6-13/h11-14,26H,2-10H2,1H3,(H,21,22,23). The lowest BCUT2D eigenvalue weighted by Crippen LogP contribution is -2.41. The van der Waals surface area contributed by atoms with Crippen molar-refractivity contribution in [2.24, 2.45) is 5.92 Å². The summed E-state index contributed by atoms with van der Waals surface area (Å²) in [5, 5.41) is 12.4. The van der Waals surface area contributed by atoms with Crippen LogP contribution in [-0.4, -0.2) is 48.8 Å². The molecule has 0 aromatic carbocycles. The fraction of sp³-hybridized carbons (Fsp3) is 0.722. The van der Waals surface area contributed by atoms with Crippen LogP contribution < -0.4 is 5.43 Å². The van der Waals surface area contributed by atoms with Gasteiger partial charge in [-0.15, -0.1) is 0 Å². The van der Waals surface area contributed by atoms with Crippen molar-refractivity contribution in [2.45, 2.75) is 64.0 Å². The highest BCUT2D eigenvalue weighted by molar-refractivity contribution is 6.28. The van der Waals surface area contributed by atoms with Crippen LogP contribution in [0.3, 0.4) is 0 Å². The quantitative estimate of drug-likeness (QED) is 0.776. The number of hydrazine groups is 1. The average molecular weight is 379 g/mol. The van der Waals surface area contributed by atoms with Crippen molar-refractivity contribution in [3.8, 4) is 0 Å². The van der Waals surface area contributed by atoms with Crippen LogP contribution in [0.2, 0.25) is 5.28 Å². The number of nitrogens with zero attached hydrogens (tertiary/aromatic N) is 5. The van der Waals surface area contributed by atoms with Crippen molar-refractivity contribution in [3.05, 3.63) is 11.6 Å². The molecule has 0 amide bonds. The highest BCUT2D eigenvalue weighted by Gasteiger charge is 2.26. The number of nitrogens with one attached hydrogen (secondary N) is 1. The molecule has 2 fully saturated rings. The summed E-state index contributed by atoms with van der Waals surface area (Å²) in [5.74, 6) is 1.06. The highest BCUT2D eigenvalue weighted by Crippen LogP contribution is 2.33. The van der Waals surface area contributed by atoms with Crippen molar-refractivity contribution in [3.63, 3.8) is 0 Å². The number of imidazole rings is 1. The molecule has 2 aromatic rings. The Bertz CT molecular complexity index is 751. The van der Waals surface area contributed by atoms with E-state index in [0.29, 0.717) is 17.8 Å². The fourth-order valence-corrected chi connectivity index (χ4v) is 4.46. The van der Waals surface area contributed by atoms with Gasteiger partial charge in [-0.25, -0.2) is 9.99 Å². The molecule has 0 radical (unpaired) electrons. The molecular formula is C18H27ClN6O. The van der Waals surface area contributed by atoms with Crippen molar-refractivity contribution < 1.29 is 5.11 Å². The van der Waals surface area contributed by atoms with Crippen molar-refractivity contribution in [1.29, 1.82) is 0 Å². The molecule has 3 heterocycles. The third-order valence-corrected chi connectivity index (χ3v) is 6.05. The zero-order valence-electron chi connectivity index (χ0n) is 15.2. The van der Waals surface area contributed by atoms with Gasteiger partial charge in [0.05, 0.1) is 12.4 Å². The summed E-state index contributed by atoms with van der Waals surface area (Å²) in [7, 11) is 0. The second-order valence-electron chi connectivity index (χ2n) is 7.52.